The zero-order valence-electron chi connectivity index (χ0n) is 29.4. The SMILES string of the molecule is COC[C@H]1O[C@@H](O[C@H]2[C@H](OC)[C@H](OC)[C@H](O[C@@H]([C@H](OC)[C@@H](COC)OC)[C@@H](COC)OC)O[C@@H]2COC)[C@@H](OC)[C@@H](OC)[C@@H]1OC. The van der Waals surface area contributed by atoms with Crippen LogP contribution in [0.3, 0.4) is 0 Å². The van der Waals surface area contributed by atoms with Crippen LogP contribution in [-0.2, 0) is 75.8 Å². The van der Waals surface area contributed by atoms with E-state index in [4.69, 9.17) is 75.8 Å². The molecule has 16 nitrogen and oxygen atoms in total. The van der Waals surface area contributed by atoms with Gasteiger partial charge >= 0.3 is 0 Å². The molecule has 0 aromatic carbocycles. The summed E-state index contributed by atoms with van der Waals surface area (Å²) < 4.78 is 94.8. The Morgan fingerprint density at radius 1 is 0.435 bits per heavy atom. The Balaban J connectivity index is 2.48. The molecule has 14 atom stereocenters. The van der Waals surface area contributed by atoms with Crippen molar-refractivity contribution in [3.05, 3.63) is 0 Å². The van der Waals surface area contributed by atoms with Gasteiger partial charge in [-0.05, 0) is 0 Å². The highest BCUT2D eigenvalue weighted by Crippen LogP contribution is 2.35. The summed E-state index contributed by atoms with van der Waals surface area (Å²) in [5, 5.41) is 0. The highest BCUT2D eigenvalue weighted by Gasteiger charge is 2.54. The van der Waals surface area contributed by atoms with Gasteiger partial charge in [0.15, 0.2) is 12.6 Å². The standard InChI is InChI=1S/C30H58O16/c1-31-13-17(35-5)21(37-7)23(18(36-6)14-32-2)45-30-28(42-12)26(40-10)24(20(44-30)16-34-4)46-29-27(41-11)25(39-9)22(38-8)19(43-29)15-33-3/h17-30H,13-16H2,1-12H3/t17-,18-,19-,20-,21-,22-,23-,24-,25+,26+,27+,28+,29+,30+/m1/s1. The summed E-state index contributed by atoms with van der Waals surface area (Å²) in [5.41, 5.74) is 0. The maximum Gasteiger partial charge on any atom is 0.187 e. The Kier molecular flexibility index (Phi) is 20.0. The van der Waals surface area contributed by atoms with E-state index >= 15 is 0 Å². The summed E-state index contributed by atoms with van der Waals surface area (Å²) in [6, 6.07) is 0. The third-order valence-electron chi connectivity index (χ3n) is 8.38. The van der Waals surface area contributed by atoms with Crippen LogP contribution in [0.4, 0.5) is 0 Å². The Labute approximate surface area is 273 Å². The molecule has 0 bridgehead atoms. The zero-order valence-corrected chi connectivity index (χ0v) is 29.4. The number of ether oxygens (including phenoxy) is 16. The maximum absolute atomic E-state index is 6.67. The van der Waals surface area contributed by atoms with Crippen molar-refractivity contribution >= 4 is 0 Å². The molecule has 0 aromatic rings. The molecule has 0 aromatic heterocycles. The minimum atomic E-state index is -0.997. The third kappa shape index (κ3) is 10.2. The first-order chi connectivity index (χ1) is 22.3. The fourth-order valence-electron chi connectivity index (χ4n) is 6.16. The van der Waals surface area contributed by atoms with E-state index in [-0.39, 0.29) is 26.4 Å². The predicted molar refractivity (Wildman–Crippen MR) is 161 cm³/mol. The summed E-state index contributed by atoms with van der Waals surface area (Å²) in [5.74, 6) is 0. The number of hydrogen-bond donors (Lipinski definition) is 0. The first-order valence-electron chi connectivity index (χ1n) is 15.1. The highest BCUT2D eigenvalue weighted by molar-refractivity contribution is 4.97. The summed E-state index contributed by atoms with van der Waals surface area (Å²) >= 11 is 0. The Morgan fingerprint density at radius 2 is 0.870 bits per heavy atom. The van der Waals surface area contributed by atoms with Crippen LogP contribution in [0.2, 0.25) is 0 Å². The smallest absolute Gasteiger partial charge is 0.187 e. The van der Waals surface area contributed by atoms with Crippen LogP contribution >= 0.6 is 0 Å². The number of hydrogen-bond acceptors (Lipinski definition) is 16. The van der Waals surface area contributed by atoms with Gasteiger partial charge in [-0.15, -0.1) is 0 Å². The topological polar surface area (TPSA) is 148 Å². The van der Waals surface area contributed by atoms with E-state index in [2.05, 4.69) is 0 Å². The van der Waals surface area contributed by atoms with E-state index in [1.165, 1.54) is 7.11 Å². The fraction of sp³-hybridized carbons (Fsp3) is 1.00. The zero-order chi connectivity index (χ0) is 34.2. The summed E-state index contributed by atoms with van der Waals surface area (Å²) in [6.45, 7) is 0.783. The van der Waals surface area contributed by atoms with Crippen LogP contribution in [0.15, 0.2) is 0 Å². The molecule has 0 aliphatic carbocycles. The predicted octanol–water partition coefficient (Wildman–Crippen LogP) is -0.0878. The van der Waals surface area contributed by atoms with Crippen LogP contribution in [0, 0.1) is 0 Å². The quantitative estimate of drug-likeness (QED) is 0.142. The van der Waals surface area contributed by atoms with Crippen molar-refractivity contribution in [2.24, 2.45) is 0 Å². The molecule has 16 heteroatoms. The Hall–Kier alpha value is -0.640. The van der Waals surface area contributed by atoms with Gasteiger partial charge in [-0.2, -0.15) is 0 Å². The second-order valence-electron chi connectivity index (χ2n) is 10.9. The van der Waals surface area contributed by atoms with Gasteiger partial charge in [0.05, 0.1) is 26.4 Å². The molecular formula is C30H58O16. The van der Waals surface area contributed by atoms with E-state index in [9.17, 15) is 0 Å². The molecule has 0 amide bonds. The van der Waals surface area contributed by atoms with Gasteiger partial charge in [-0.25, -0.2) is 0 Å². The highest BCUT2D eigenvalue weighted by atomic mass is 16.8. The molecule has 2 saturated heterocycles. The van der Waals surface area contributed by atoms with Gasteiger partial charge in [0.25, 0.3) is 0 Å². The largest absolute Gasteiger partial charge is 0.382 e. The van der Waals surface area contributed by atoms with Gasteiger partial charge in [0.2, 0.25) is 0 Å². The molecule has 0 saturated carbocycles. The molecular weight excluding hydrogens is 616 g/mol. The van der Waals surface area contributed by atoms with Crippen molar-refractivity contribution in [3.63, 3.8) is 0 Å². The molecule has 2 heterocycles. The van der Waals surface area contributed by atoms with Crippen LogP contribution in [0.5, 0.6) is 0 Å². The third-order valence-corrected chi connectivity index (χ3v) is 8.38. The van der Waals surface area contributed by atoms with Gasteiger partial charge in [-0.3, -0.25) is 0 Å². The lowest BCUT2D eigenvalue weighted by Crippen LogP contribution is -2.67. The Morgan fingerprint density at radius 3 is 1.30 bits per heavy atom. The van der Waals surface area contributed by atoms with Crippen molar-refractivity contribution in [3.8, 4) is 0 Å². The first kappa shape index (κ1) is 41.5. The maximum atomic E-state index is 6.67. The first-order valence-corrected chi connectivity index (χ1v) is 15.1. The average molecular weight is 675 g/mol. The molecule has 46 heavy (non-hydrogen) atoms. The van der Waals surface area contributed by atoms with Crippen molar-refractivity contribution in [1.82, 2.24) is 0 Å². The molecule has 2 aliphatic rings. The number of rotatable bonds is 23. The molecule has 274 valence electrons. The van der Waals surface area contributed by atoms with Gasteiger partial charge in [0, 0.05) is 85.3 Å². The Bertz CT molecular complexity index is 781. The molecule has 0 N–H and O–H groups in total. The van der Waals surface area contributed by atoms with Crippen molar-refractivity contribution < 1.29 is 75.8 Å². The van der Waals surface area contributed by atoms with Crippen LogP contribution in [-0.4, -0.2) is 198 Å². The second-order valence-corrected chi connectivity index (χ2v) is 10.9. The molecule has 0 spiro atoms. The molecule has 2 aliphatic heterocycles. The van der Waals surface area contributed by atoms with Crippen molar-refractivity contribution in [2.45, 2.75) is 85.8 Å². The van der Waals surface area contributed by atoms with E-state index < -0.39 is 85.8 Å². The molecule has 2 fully saturated rings. The monoisotopic (exact) mass is 674 g/mol. The van der Waals surface area contributed by atoms with E-state index in [0.717, 1.165) is 0 Å². The fourth-order valence-corrected chi connectivity index (χ4v) is 6.16. The molecule has 0 unspecified atom stereocenters. The summed E-state index contributed by atoms with van der Waals surface area (Å²) in [7, 11) is 18.8. The lowest BCUT2D eigenvalue weighted by molar-refractivity contribution is -0.375. The van der Waals surface area contributed by atoms with Gasteiger partial charge in [0.1, 0.15) is 73.2 Å². The lowest BCUT2D eigenvalue weighted by atomic mass is 9.96. The van der Waals surface area contributed by atoms with Crippen LogP contribution < -0.4 is 0 Å². The normalized spacial score (nSPS) is 34.7. The minimum Gasteiger partial charge on any atom is -0.382 e. The van der Waals surface area contributed by atoms with E-state index in [1.54, 1.807) is 78.2 Å². The van der Waals surface area contributed by atoms with Crippen LogP contribution in [0.25, 0.3) is 0 Å². The lowest BCUT2D eigenvalue weighted by Gasteiger charge is -2.50. The van der Waals surface area contributed by atoms with Crippen molar-refractivity contribution in [1.29, 1.82) is 0 Å². The second kappa shape index (κ2) is 22.2. The molecule has 2 rings (SSSR count). The van der Waals surface area contributed by atoms with E-state index in [1.807, 2.05) is 0 Å². The van der Waals surface area contributed by atoms with E-state index in [0.29, 0.717) is 0 Å². The van der Waals surface area contributed by atoms with Gasteiger partial charge < -0.3 is 75.8 Å². The van der Waals surface area contributed by atoms with Gasteiger partial charge in [-0.1, -0.05) is 0 Å². The number of methoxy groups -OCH3 is 12. The summed E-state index contributed by atoms with van der Waals surface area (Å²) in [4.78, 5) is 0. The molecule has 0 radical (unpaired) electrons. The average Bonchev–Trinajstić information content (AvgIpc) is 3.07. The minimum absolute atomic E-state index is 0.121. The summed E-state index contributed by atoms with van der Waals surface area (Å²) in [6.07, 6.45) is -9.65. The van der Waals surface area contributed by atoms with Crippen LogP contribution in [0.1, 0.15) is 0 Å². The van der Waals surface area contributed by atoms with Crippen molar-refractivity contribution in [2.75, 3.05) is 112 Å².